The summed E-state index contributed by atoms with van der Waals surface area (Å²) in [4.78, 5) is 10.8. The van der Waals surface area contributed by atoms with E-state index >= 15 is 0 Å². The van der Waals surface area contributed by atoms with Gasteiger partial charge in [-0.1, -0.05) is 27.3 Å². The Hall–Kier alpha value is -0.490. The molecule has 0 amide bonds. The summed E-state index contributed by atoms with van der Waals surface area (Å²) >= 11 is 4.42. The van der Waals surface area contributed by atoms with Crippen LogP contribution in [-0.4, -0.2) is 23.3 Å². The molecule has 0 fully saturated rings. The fraction of sp³-hybridized carbons (Fsp3) is 0.400. The zero-order valence-electron chi connectivity index (χ0n) is 5.70. The van der Waals surface area contributed by atoms with Crippen molar-refractivity contribution in [1.82, 2.24) is 10.2 Å². The first-order valence-corrected chi connectivity index (χ1v) is 4.68. The molecule has 1 heterocycles. The molecule has 6 heteroatoms. The molecule has 4 nitrogen and oxygen atoms in total. The predicted octanol–water partition coefficient (Wildman–Crippen LogP) is 1.22. The Morgan fingerprint density at radius 1 is 1.73 bits per heavy atom. The number of ether oxygens (including phenoxy) is 1. The van der Waals surface area contributed by atoms with Crippen LogP contribution in [0.15, 0.2) is 0 Å². The number of hydrogen-bond acceptors (Lipinski definition) is 5. The number of aromatic nitrogens is 2. The van der Waals surface area contributed by atoms with E-state index in [0.29, 0.717) is 10.3 Å². The van der Waals surface area contributed by atoms with Crippen LogP contribution >= 0.6 is 27.3 Å². The van der Waals surface area contributed by atoms with E-state index in [2.05, 4.69) is 30.9 Å². The summed E-state index contributed by atoms with van der Waals surface area (Å²) in [6.45, 7) is 0. The first-order chi connectivity index (χ1) is 5.27. The topological polar surface area (TPSA) is 52.1 Å². The van der Waals surface area contributed by atoms with Gasteiger partial charge in [0.1, 0.15) is 5.01 Å². The molecule has 1 aromatic heterocycles. The molecule has 0 saturated carbocycles. The van der Waals surface area contributed by atoms with E-state index in [-0.39, 0.29) is 0 Å². The van der Waals surface area contributed by atoms with Gasteiger partial charge in [-0.05, 0) is 0 Å². The van der Waals surface area contributed by atoms with Crippen LogP contribution in [0.4, 0.5) is 0 Å². The number of alkyl halides is 1. The Kier molecular flexibility index (Phi) is 2.95. The Bertz CT molecular complexity index is 263. The van der Waals surface area contributed by atoms with Gasteiger partial charge < -0.3 is 4.74 Å². The van der Waals surface area contributed by atoms with Crippen LogP contribution in [-0.2, 0) is 10.1 Å². The smallest absolute Gasteiger partial charge is 0.369 e. The molecule has 0 aromatic carbocycles. The minimum atomic E-state index is -0.435. The molecule has 0 atom stereocenters. The van der Waals surface area contributed by atoms with Crippen molar-refractivity contribution in [3.05, 3.63) is 10.0 Å². The second-order valence-corrected chi connectivity index (χ2v) is 3.25. The molecule has 1 rings (SSSR count). The monoisotopic (exact) mass is 236 g/mol. The minimum Gasteiger partial charge on any atom is -0.464 e. The Morgan fingerprint density at radius 2 is 2.45 bits per heavy atom. The lowest BCUT2D eigenvalue weighted by Crippen LogP contribution is -1.99. The number of hydrogen-bond donors (Lipinski definition) is 0. The van der Waals surface area contributed by atoms with Crippen molar-refractivity contribution >= 4 is 33.2 Å². The van der Waals surface area contributed by atoms with Crippen LogP contribution in [0.2, 0.25) is 0 Å². The Morgan fingerprint density at radius 3 is 2.91 bits per heavy atom. The highest BCUT2D eigenvalue weighted by Crippen LogP contribution is 2.12. The summed E-state index contributed by atoms with van der Waals surface area (Å²) in [6, 6.07) is 0. The summed E-state index contributed by atoms with van der Waals surface area (Å²) in [5, 5.41) is 9.02. The van der Waals surface area contributed by atoms with E-state index < -0.39 is 5.97 Å². The highest BCUT2D eigenvalue weighted by atomic mass is 79.9. The molecule has 0 aliphatic rings. The molecule has 0 saturated heterocycles. The standard InChI is InChI=1S/C5H5BrN2O2S/c1-10-5(9)4-8-7-3(2-6)11-4/h2H2,1H3. The maximum atomic E-state index is 10.8. The van der Waals surface area contributed by atoms with E-state index in [1.165, 1.54) is 18.4 Å². The molecule has 0 bridgehead atoms. The molecule has 11 heavy (non-hydrogen) atoms. The second kappa shape index (κ2) is 3.77. The van der Waals surface area contributed by atoms with Crippen LogP contribution in [0.1, 0.15) is 14.8 Å². The van der Waals surface area contributed by atoms with Crippen molar-refractivity contribution in [3.8, 4) is 0 Å². The van der Waals surface area contributed by atoms with Crippen LogP contribution in [0.5, 0.6) is 0 Å². The zero-order chi connectivity index (χ0) is 8.27. The number of rotatable bonds is 2. The van der Waals surface area contributed by atoms with Crippen molar-refractivity contribution in [1.29, 1.82) is 0 Å². The average Bonchev–Trinajstić information content (AvgIpc) is 2.50. The van der Waals surface area contributed by atoms with Gasteiger partial charge >= 0.3 is 5.97 Å². The van der Waals surface area contributed by atoms with Gasteiger partial charge in [0, 0.05) is 0 Å². The van der Waals surface area contributed by atoms with Crippen molar-refractivity contribution in [2.24, 2.45) is 0 Å². The fourth-order valence-electron chi connectivity index (χ4n) is 0.477. The summed E-state index contributed by atoms with van der Waals surface area (Å²) in [7, 11) is 1.32. The summed E-state index contributed by atoms with van der Waals surface area (Å²) in [6.07, 6.45) is 0. The highest BCUT2D eigenvalue weighted by Gasteiger charge is 2.11. The maximum absolute atomic E-state index is 10.8. The molecule has 0 N–H and O–H groups in total. The van der Waals surface area contributed by atoms with Gasteiger partial charge in [0.15, 0.2) is 0 Å². The van der Waals surface area contributed by atoms with Gasteiger partial charge in [-0.15, -0.1) is 10.2 Å². The third kappa shape index (κ3) is 1.97. The molecule has 0 unspecified atom stereocenters. The summed E-state index contributed by atoms with van der Waals surface area (Å²) in [5.74, 6) is -0.435. The van der Waals surface area contributed by atoms with Crippen LogP contribution in [0, 0.1) is 0 Å². The first kappa shape index (κ1) is 8.61. The van der Waals surface area contributed by atoms with E-state index in [4.69, 9.17) is 0 Å². The maximum Gasteiger partial charge on any atom is 0.369 e. The predicted molar refractivity (Wildman–Crippen MR) is 43.9 cm³/mol. The zero-order valence-corrected chi connectivity index (χ0v) is 8.11. The first-order valence-electron chi connectivity index (χ1n) is 2.74. The van der Waals surface area contributed by atoms with Gasteiger partial charge in [0.2, 0.25) is 5.01 Å². The van der Waals surface area contributed by atoms with Gasteiger partial charge in [-0.25, -0.2) is 4.79 Å². The quantitative estimate of drug-likeness (QED) is 0.573. The van der Waals surface area contributed by atoms with E-state index in [1.807, 2.05) is 0 Å². The van der Waals surface area contributed by atoms with Crippen molar-refractivity contribution in [3.63, 3.8) is 0 Å². The largest absolute Gasteiger partial charge is 0.464 e. The van der Waals surface area contributed by atoms with E-state index in [9.17, 15) is 4.79 Å². The second-order valence-electron chi connectivity index (χ2n) is 1.63. The third-order valence-electron chi connectivity index (χ3n) is 0.941. The van der Waals surface area contributed by atoms with Crippen LogP contribution < -0.4 is 0 Å². The molecular weight excluding hydrogens is 232 g/mol. The van der Waals surface area contributed by atoms with Crippen LogP contribution in [0.3, 0.4) is 0 Å². The number of methoxy groups -OCH3 is 1. The lowest BCUT2D eigenvalue weighted by Gasteiger charge is -1.88. The molecular formula is C5H5BrN2O2S. The SMILES string of the molecule is COC(=O)c1nnc(CBr)s1. The summed E-state index contributed by atoms with van der Waals surface area (Å²) < 4.78 is 4.45. The Labute approximate surface area is 75.7 Å². The van der Waals surface area contributed by atoms with E-state index in [0.717, 1.165) is 5.01 Å². The van der Waals surface area contributed by atoms with Gasteiger partial charge in [-0.3, -0.25) is 0 Å². The third-order valence-corrected chi connectivity index (χ3v) is 2.75. The normalized spacial score (nSPS) is 9.64. The number of carbonyl (C=O) groups is 1. The molecule has 0 spiro atoms. The number of nitrogens with zero attached hydrogens (tertiary/aromatic N) is 2. The van der Waals surface area contributed by atoms with Gasteiger partial charge in [-0.2, -0.15) is 0 Å². The fourth-order valence-corrected chi connectivity index (χ4v) is 1.54. The number of carbonyl (C=O) groups excluding carboxylic acids is 1. The van der Waals surface area contributed by atoms with Crippen LogP contribution in [0.25, 0.3) is 0 Å². The minimum absolute atomic E-state index is 0.293. The Balaban J connectivity index is 2.80. The molecule has 1 aromatic rings. The van der Waals surface area contributed by atoms with Gasteiger partial charge in [0.05, 0.1) is 12.4 Å². The lowest BCUT2D eigenvalue weighted by atomic mass is 10.7. The van der Waals surface area contributed by atoms with Crippen molar-refractivity contribution < 1.29 is 9.53 Å². The van der Waals surface area contributed by atoms with Gasteiger partial charge in [0.25, 0.3) is 0 Å². The number of halogens is 1. The highest BCUT2D eigenvalue weighted by molar-refractivity contribution is 9.08. The molecule has 60 valence electrons. The van der Waals surface area contributed by atoms with E-state index in [1.54, 1.807) is 0 Å². The number of esters is 1. The lowest BCUT2D eigenvalue weighted by molar-refractivity contribution is 0.0599. The summed E-state index contributed by atoms with van der Waals surface area (Å²) in [5.41, 5.74) is 0. The molecule has 0 aliphatic carbocycles. The molecule has 0 radical (unpaired) electrons. The van der Waals surface area contributed by atoms with Crippen molar-refractivity contribution in [2.75, 3.05) is 7.11 Å². The molecule has 0 aliphatic heterocycles. The van der Waals surface area contributed by atoms with Crippen molar-refractivity contribution in [2.45, 2.75) is 5.33 Å². The average molecular weight is 237 g/mol.